The number of methoxy groups -OCH3 is 2. The number of hydrogen-bond donors (Lipinski definition) is 1. The van der Waals surface area contributed by atoms with Crippen LogP contribution >= 0.6 is 0 Å². The van der Waals surface area contributed by atoms with E-state index in [9.17, 15) is 13.2 Å². The quantitative estimate of drug-likeness (QED) is 0.345. The second-order valence-electron chi connectivity index (χ2n) is 7.30. The highest BCUT2D eigenvalue weighted by molar-refractivity contribution is 5.82. The maximum absolute atomic E-state index is 13.2. The molecule has 0 bridgehead atoms. The van der Waals surface area contributed by atoms with E-state index in [1.807, 2.05) is 39.0 Å². The smallest absolute Gasteiger partial charge is 0.412 e. The van der Waals surface area contributed by atoms with Crippen molar-refractivity contribution in [2.24, 2.45) is 0 Å². The van der Waals surface area contributed by atoms with Crippen LogP contribution in [-0.2, 0) is 24.2 Å². The molecule has 1 N–H and O–H groups in total. The van der Waals surface area contributed by atoms with Crippen molar-refractivity contribution in [1.82, 2.24) is 4.57 Å². The van der Waals surface area contributed by atoms with Crippen LogP contribution in [0.15, 0.2) is 48.6 Å². The van der Waals surface area contributed by atoms with E-state index in [0.29, 0.717) is 23.5 Å². The predicted molar refractivity (Wildman–Crippen MR) is 134 cm³/mol. The summed E-state index contributed by atoms with van der Waals surface area (Å²) in [5.74, 6) is 1.29. The fourth-order valence-electron chi connectivity index (χ4n) is 3.95. The van der Waals surface area contributed by atoms with Crippen molar-refractivity contribution in [1.29, 1.82) is 0 Å². The molecule has 0 saturated carbocycles. The van der Waals surface area contributed by atoms with Crippen molar-refractivity contribution in [3.05, 3.63) is 65.4 Å². The first kappa shape index (κ1) is 29.6. The molecular weight excluding hydrogens is 459 g/mol. The van der Waals surface area contributed by atoms with Gasteiger partial charge in [0, 0.05) is 34.6 Å². The molecule has 1 aliphatic heterocycles. The van der Waals surface area contributed by atoms with Crippen molar-refractivity contribution in [2.45, 2.75) is 53.3 Å². The number of fused-ring (bicyclic) bond motifs is 3. The lowest BCUT2D eigenvalue weighted by Gasteiger charge is -2.23. The zero-order chi connectivity index (χ0) is 26.8. The minimum absolute atomic E-state index is 0.250. The average molecular weight is 494 g/mol. The summed E-state index contributed by atoms with van der Waals surface area (Å²) in [6.45, 7) is 11.3. The van der Waals surface area contributed by atoms with Gasteiger partial charge in [-0.15, -0.1) is 0 Å². The number of aromatic nitrogens is 1. The molecule has 1 aromatic heterocycles. The minimum atomic E-state index is -4.37. The van der Waals surface area contributed by atoms with Crippen molar-refractivity contribution < 1.29 is 32.5 Å². The van der Waals surface area contributed by atoms with Gasteiger partial charge < -0.3 is 19.1 Å². The standard InChI is InChI=1S/C24H26F3NO2.C2H6.CH2O2/c1-6-8-16(11-15(3)24(25,26)27)18-13-21-19-14-23(30-5)22(29-4)12-17(19)9-10-28(21)20(18)7-2;1-2;2-1-3/h6,8,11-14H,1,7,9-10H2,2-5H3;1-2H3;1H,(H,2,3)/b15-11+,16-8+;;. The Kier molecular flexibility index (Phi) is 11.4. The summed E-state index contributed by atoms with van der Waals surface area (Å²) in [6.07, 6.45) is 1.48. The van der Waals surface area contributed by atoms with Crippen LogP contribution in [0.4, 0.5) is 13.2 Å². The number of nitrogens with zero attached hydrogens (tertiary/aromatic N) is 1. The number of carboxylic acid groups (broad SMARTS) is 1. The van der Waals surface area contributed by atoms with Gasteiger partial charge in [0.25, 0.3) is 6.47 Å². The Morgan fingerprint density at radius 2 is 1.74 bits per heavy atom. The summed E-state index contributed by atoms with van der Waals surface area (Å²) in [6, 6.07) is 5.89. The van der Waals surface area contributed by atoms with Crippen LogP contribution in [0.1, 0.15) is 44.5 Å². The maximum atomic E-state index is 13.2. The molecule has 3 rings (SSSR count). The molecular formula is C27H34F3NO4. The topological polar surface area (TPSA) is 60.7 Å². The Morgan fingerprint density at radius 1 is 1.17 bits per heavy atom. The molecule has 0 saturated heterocycles. The molecule has 2 heterocycles. The molecule has 1 aliphatic rings. The Balaban J connectivity index is 0.00000114. The van der Waals surface area contributed by atoms with E-state index in [0.717, 1.165) is 48.0 Å². The highest BCUT2D eigenvalue weighted by Gasteiger charge is 2.31. The number of rotatable bonds is 6. The number of alkyl halides is 3. The van der Waals surface area contributed by atoms with Gasteiger partial charge in [-0.25, -0.2) is 0 Å². The summed E-state index contributed by atoms with van der Waals surface area (Å²) >= 11 is 0. The number of carbonyl (C=O) groups is 1. The molecule has 0 aliphatic carbocycles. The van der Waals surface area contributed by atoms with Crippen molar-refractivity contribution in [3.8, 4) is 22.8 Å². The third-order valence-electron chi connectivity index (χ3n) is 5.46. The van der Waals surface area contributed by atoms with E-state index in [-0.39, 0.29) is 6.47 Å². The number of ether oxygens (including phenoxy) is 2. The average Bonchev–Trinajstić information content (AvgIpc) is 3.22. The van der Waals surface area contributed by atoms with Crippen LogP contribution in [0, 0.1) is 0 Å². The summed E-state index contributed by atoms with van der Waals surface area (Å²) < 4.78 is 52.6. The van der Waals surface area contributed by atoms with E-state index in [1.54, 1.807) is 20.3 Å². The number of benzene rings is 1. The monoisotopic (exact) mass is 493 g/mol. The lowest BCUT2D eigenvalue weighted by atomic mass is 9.97. The zero-order valence-corrected chi connectivity index (χ0v) is 21.1. The normalized spacial score (nSPS) is 12.7. The van der Waals surface area contributed by atoms with Crippen LogP contribution in [0.5, 0.6) is 11.5 Å². The molecule has 0 fully saturated rings. The summed E-state index contributed by atoms with van der Waals surface area (Å²) in [4.78, 5) is 8.36. The first-order valence-corrected chi connectivity index (χ1v) is 11.3. The fraction of sp³-hybridized carbons (Fsp3) is 0.370. The lowest BCUT2D eigenvalue weighted by Crippen LogP contribution is -2.13. The number of hydrogen-bond acceptors (Lipinski definition) is 3. The Labute approximate surface area is 205 Å². The van der Waals surface area contributed by atoms with Crippen LogP contribution < -0.4 is 9.47 Å². The van der Waals surface area contributed by atoms with Gasteiger partial charge in [0.1, 0.15) is 0 Å². The van der Waals surface area contributed by atoms with Gasteiger partial charge in [-0.1, -0.05) is 39.5 Å². The second-order valence-corrected chi connectivity index (χ2v) is 7.30. The lowest BCUT2D eigenvalue weighted by molar-refractivity contribution is -0.122. The van der Waals surface area contributed by atoms with E-state index < -0.39 is 11.7 Å². The fourth-order valence-corrected chi connectivity index (χ4v) is 3.95. The highest BCUT2D eigenvalue weighted by Crippen LogP contribution is 2.42. The Hall–Kier alpha value is -3.42. The Bertz CT molecular complexity index is 1080. The summed E-state index contributed by atoms with van der Waals surface area (Å²) in [5, 5.41) is 6.89. The van der Waals surface area contributed by atoms with Crippen molar-refractivity contribution >= 4 is 12.0 Å². The highest BCUT2D eigenvalue weighted by atomic mass is 19.4. The van der Waals surface area contributed by atoms with E-state index in [1.165, 1.54) is 12.2 Å². The molecule has 0 spiro atoms. The van der Waals surface area contributed by atoms with Gasteiger partial charge >= 0.3 is 6.18 Å². The molecule has 0 amide bonds. The van der Waals surface area contributed by atoms with Gasteiger partial charge in [0.05, 0.1) is 14.2 Å². The Morgan fingerprint density at radius 3 is 2.23 bits per heavy atom. The van der Waals surface area contributed by atoms with Crippen LogP contribution in [0.25, 0.3) is 16.8 Å². The molecule has 0 unspecified atom stereocenters. The number of allylic oxidation sites excluding steroid dienone is 5. The third-order valence-corrected chi connectivity index (χ3v) is 5.46. The predicted octanol–water partition coefficient (Wildman–Crippen LogP) is 7.10. The first-order chi connectivity index (χ1) is 16.7. The molecule has 5 nitrogen and oxygen atoms in total. The van der Waals surface area contributed by atoms with Crippen LogP contribution in [0.3, 0.4) is 0 Å². The first-order valence-electron chi connectivity index (χ1n) is 11.3. The molecule has 35 heavy (non-hydrogen) atoms. The van der Waals surface area contributed by atoms with Gasteiger partial charge in [-0.3, -0.25) is 4.79 Å². The molecule has 0 radical (unpaired) electrons. The van der Waals surface area contributed by atoms with Gasteiger partial charge in [0.2, 0.25) is 0 Å². The van der Waals surface area contributed by atoms with Crippen molar-refractivity contribution in [3.63, 3.8) is 0 Å². The minimum Gasteiger partial charge on any atom is -0.493 e. The molecule has 192 valence electrons. The van der Waals surface area contributed by atoms with Gasteiger partial charge in [-0.2, -0.15) is 13.2 Å². The number of aryl methyl sites for hydroxylation is 1. The van der Waals surface area contributed by atoms with E-state index >= 15 is 0 Å². The maximum Gasteiger partial charge on any atom is 0.412 e. The SMILES string of the molecule is C=C/C=C(\C=C(/C)C(F)(F)F)c1cc2n(c1CC)CCc1cc(OC)c(OC)cc1-2.CC.O=CO. The van der Waals surface area contributed by atoms with Crippen LogP contribution in [0.2, 0.25) is 0 Å². The summed E-state index contributed by atoms with van der Waals surface area (Å²) in [5.41, 5.74) is 4.76. The molecule has 0 atom stereocenters. The van der Waals surface area contributed by atoms with Gasteiger partial charge in [0.15, 0.2) is 11.5 Å². The second kappa shape index (κ2) is 13.5. The van der Waals surface area contributed by atoms with Crippen molar-refractivity contribution in [2.75, 3.05) is 14.2 Å². The summed E-state index contributed by atoms with van der Waals surface area (Å²) in [7, 11) is 3.19. The van der Waals surface area contributed by atoms with E-state index in [2.05, 4.69) is 11.1 Å². The zero-order valence-electron chi connectivity index (χ0n) is 21.1. The number of halogens is 3. The van der Waals surface area contributed by atoms with Crippen LogP contribution in [-0.4, -0.2) is 36.5 Å². The largest absolute Gasteiger partial charge is 0.493 e. The third kappa shape index (κ3) is 6.81. The van der Waals surface area contributed by atoms with E-state index in [4.69, 9.17) is 19.4 Å². The molecule has 1 aromatic carbocycles. The molecule has 8 heteroatoms. The van der Waals surface area contributed by atoms with Gasteiger partial charge in [-0.05, 0) is 55.2 Å². The molecule has 2 aromatic rings.